The molecule has 0 unspecified atom stereocenters. The normalized spacial score (nSPS) is 17.0. The van der Waals surface area contributed by atoms with Gasteiger partial charge in [0.25, 0.3) is 0 Å². The van der Waals surface area contributed by atoms with E-state index in [1.54, 1.807) is 16.9 Å². The van der Waals surface area contributed by atoms with Gasteiger partial charge in [0.05, 0.1) is 36.6 Å². The van der Waals surface area contributed by atoms with Gasteiger partial charge in [0.1, 0.15) is 17.6 Å². The fourth-order valence-corrected chi connectivity index (χ4v) is 6.28. The van der Waals surface area contributed by atoms with Gasteiger partial charge in [0, 0.05) is 62.1 Å². The number of nitriles is 1. The molecule has 2 aliphatic heterocycles. The number of nitrogens with one attached hydrogen (secondary N) is 2. The maximum atomic E-state index is 13.2. The molecule has 10 nitrogen and oxygen atoms in total. The zero-order valence-corrected chi connectivity index (χ0v) is 24.6. The molecule has 43 heavy (non-hydrogen) atoms. The Morgan fingerprint density at radius 1 is 1.09 bits per heavy atom. The van der Waals surface area contributed by atoms with Crippen LogP contribution in [0.1, 0.15) is 30.9 Å². The fraction of sp³-hybridized carbons (Fsp3) is 0.394. The number of fused-ring (bicyclic) bond motifs is 1. The average molecular weight is 579 g/mol. The number of pyridine rings is 2. The molecule has 1 amide bonds. The van der Waals surface area contributed by atoms with E-state index in [4.69, 9.17) is 9.72 Å². The lowest BCUT2D eigenvalue weighted by Crippen LogP contribution is -2.59. The number of rotatable bonds is 9. The maximum absolute atomic E-state index is 13.2. The summed E-state index contributed by atoms with van der Waals surface area (Å²) in [5.74, 6) is 1.69. The van der Waals surface area contributed by atoms with Gasteiger partial charge >= 0.3 is 0 Å². The van der Waals surface area contributed by atoms with Gasteiger partial charge in [-0.3, -0.25) is 9.69 Å². The van der Waals surface area contributed by atoms with Crippen LogP contribution < -0.4 is 20.3 Å². The van der Waals surface area contributed by atoms with Gasteiger partial charge in [0.2, 0.25) is 5.91 Å². The molecule has 1 aromatic carbocycles. The number of aromatic nitrogens is 3. The number of carbonyl (C=O) groups excluding carboxylic acids is 1. The van der Waals surface area contributed by atoms with Crippen molar-refractivity contribution in [1.29, 1.82) is 5.26 Å². The van der Waals surface area contributed by atoms with Crippen molar-refractivity contribution in [3.05, 3.63) is 78.2 Å². The highest BCUT2D eigenvalue weighted by atomic mass is 16.5. The number of anilines is 1. The Hall–Kier alpha value is -4.46. The Bertz CT molecular complexity index is 1580. The first-order valence-electron chi connectivity index (χ1n) is 15.1. The van der Waals surface area contributed by atoms with E-state index in [0.29, 0.717) is 24.5 Å². The van der Waals surface area contributed by atoms with Crippen molar-refractivity contribution in [2.24, 2.45) is 0 Å². The van der Waals surface area contributed by atoms with E-state index >= 15 is 0 Å². The number of hydrogen-bond acceptors (Lipinski definition) is 8. The van der Waals surface area contributed by atoms with Crippen LogP contribution in [0.3, 0.4) is 0 Å². The summed E-state index contributed by atoms with van der Waals surface area (Å²) in [6.07, 6.45) is 7.70. The van der Waals surface area contributed by atoms with Gasteiger partial charge in [0.15, 0.2) is 0 Å². The molecular weight excluding hydrogens is 540 g/mol. The number of ether oxygens (including phenoxy) is 1. The zero-order chi connectivity index (χ0) is 29.6. The second-order valence-corrected chi connectivity index (χ2v) is 11.4. The molecule has 2 fully saturated rings. The van der Waals surface area contributed by atoms with E-state index in [9.17, 15) is 10.1 Å². The quantitative estimate of drug-likeness (QED) is 0.312. The summed E-state index contributed by atoms with van der Waals surface area (Å²) in [5.41, 5.74) is 3.92. The summed E-state index contributed by atoms with van der Waals surface area (Å²) in [4.78, 5) is 22.6. The molecule has 5 heterocycles. The molecule has 3 aromatic heterocycles. The highest BCUT2D eigenvalue weighted by Crippen LogP contribution is 2.33. The van der Waals surface area contributed by atoms with Gasteiger partial charge in [-0.1, -0.05) is 30.3 Å². The summed E-state index contributed by atoms with van der Waals surface area (Å²) in [5, 5.41) is 20.9. The number of piperidine rings is 1. The lowest BCUT2D eigenvalue weighted by atomic mass is 9.81. The Morgan fingerprint density at radius 2 is 1.88 bits per heavy atom. The Labute approximate surface area is 252 Å². The van der Waals surface area contributed by atoms with E-state index in [2.05, 4.69) is 55.9 Å². The van der Waals surface area contributed by atoms with Crippen LogP contribution in [0.15, 0.2) is 67.1 Å². The minimum absolute atomic E-state index is 0.103. The van der Waals surface area contributed by atoms with Crippen LogP contribution in [0.5, 0.6) is 5.75 Å². The molecule has 0 spiro atoms. The Kier molecular flexibility index (Phi) is 8.54. The van der Waals surface area contributed by atoms with Crippen LogP contribution in [0, 0.1) is 11.3 Å². The number of hydrogen-bond donors (Lipinski definition) is 2. The molecule has 0 saturated carbocycles. The van der Waals surface area contributed by atoms with E-state index in [0.717, 1.165) is 81.0 Å². The molecule has 4 aromatic rings. The molecule has 2 saturated heterocycles. The molecular formula is C33H38N8O2. The van der Waals surface area contributed by atoms with Crippen LogP contribution in [0.25, 0.3) is 16.6 Å². The summed E-state index contributed by atoms with van der Waals surface area (Å²) >= 11 is 0. The van der Waals surface area contributed by atoms with Crippen LogP contribution in [0.2, 0.25) is 0 Å². The van der Waals surface area contributed by atoms with Crippen LogP contribution in [-0.2, 0) is 11.2 Å². The number of nitrogens with zero attached hydrogens (tertiary/aromatic N) is 6. The van der Waals surface area contributed by atoms with Gasteiger partial charge in [-0.15, -0.1) is 0 Å². The van der Waals surface area contributed by atoms with Crippen LogP contribution in [-0.4, -0.2) is 83.4 Å². The van der Waals surface area contributed by atoms with Gasteiger partial charge in [-0.05, 0) is 49.9 Å². The standard InChI is InChI=1S/C33H38N8O2/c1-2-43-28-18-29(32-27(20-34)22-37-41(32)23-28)26-8-9-30(36-21-26)40-14-10-33(11-15-40,19-25-6-4-3-5-7-25)38-31(42)24-39-16-12-35-13-17-39/h3-9,18,21-23,35H,2,10-17,19,24H2,1H3,(H,38,42). The monoisotopic (exact) mass is 578 g/mol. The number of piperazine rings is 1. The first kappa shape index (κ1) is 28.6. The smallest absolute Gasteiger partial charge is 0.234 e. The second kappa shape index (κ2) is 12.8. The third-order valence-corrected chi connectivity index (χ3v) is 8.49. The van der Waals surface area contributed by atoms with Crippen molar-refractivity contribution in [2.75, 3.05) is 57.3 Å². The molecule has 10 heteroatoms. The predicted molar refractivity (Wildman–Crippen MR) is 166 cm³/mol. The van der Waals surface area contributed by atoms with E-state index in [-0.39, 0.29) is 11.4 Å². The van der Waals surface area contributed by atoms with Crippen LogP contribution in [0.4, 0.5) is 5.82 Å². The van der Waals surface area contributed by atoms with Crippen molar-refractivity contribution in [3.63, 3.8) is 0 Å². The lowest BCUT2D eigenvalue weighted by molar-refractivity contribution is -0.124. The summed E-state index contributed by atoms with van der Waals surface area (Å²) in [6, 6.07) is 18.7. The molecule has 0 aliphatic carbocycles. The molecule has 0 atom stereocenters. The topological polar surface area (TPSA) is 111 Å². The largest absolute Gasteiger partial charge is 0.492 e. The van der Waals surface area contributed by atoms with Crippen molar-refractivity contribution >= 4 is 17.2 Å². The van der Waals surface area contributed by atoms with Crippen LogP contribution >= 0.6 is 0 Å². The highest BCUT2D eigenvalue weighted by molar-refractivity contribution is 5.85. The zero-order valence-electron chi connectivity index (χ0n) is 24.6. The molecule has 222 valence electrons. The molecule has 0 radical (unpaired) electrons. The Balaban J connectivity index is 1.19. The minimum atomic E-state index is -0.302. The van der Waals surface area contributed by atoms with Crippen molar-refractivity contribution in [3.8, 4) is 22.9 Å². The lowest BCUT2D eigenvalue weighted by Gasteiger charge is -2.43. The third kappa shape index (κ3) is 6.48. The van der Waals surface area contributed by atoms with Crippen molar-refractivity contribution in [1.82, 2.24) is 30.1 Å². The maximum Gasteiger partial charge on any atom is 0.234 e. The van der Waals surface area contributed by atoms with Gasteiger partial charge in [-0.2, -0.15) is 10.4 Å². The molecule has 2 aliphatic rings. The van der Waals surface area contributed by atoms with Gasteiger partial charge in [-0.25, -0.2) is 9.50 Å². The van der Waals surface area contributed by atoms with E-state index in [1.807, 2.05) is 37.4 Å². The summed E-state index contributed by atoms with van der Waals surface area (Å²) in [6.45, 7) is 8.14. The van der Waals surface area contributed by atoms with E-state index < -0.39 is 0 Å². The predicted octanol–water partition coefficient (Wildman–Crippen LogP) is 3.27. The number of carbonyl (C=O) groups is 1. The first-order chi connectivity index (χ1) is 21.1. The first-order valence-corrected chi connectivity index (χ1v) is 15.1. The summed E-state index contributed by atoms with van der Waals surface area (Å²) in [7, 11) is 0. The van der Waals surface area contributed by atoms with Gasteiger partial charge < -0.3 is 20.3 Å². The Morgan fingerprint density at radius 3 is 2.58 bits per heavy atom. The van der Waals surface area contributed by atoms with E-state index in [1.165, 1.54) is 5.56 Å². The minimum Gasteiger partial charge on any atom is -0.492 e. The summed E-state index contributed by atoms with van der Waals surface area (Å²) < 4.78 is 7.46. The average Bonchev–Trinajstić information content (AvgIpc) is 3.45. The molecule has 6 rings (SSSR count). The highest BCUT2D eigenvalue weighted by Gasteiger charge is 2.37. The molecule has 0 bridgehead atoms. The number of benzene rings is 1. The second-order valence-electron chi connectivity index (χ2n) is 11.4. The molecule has 2 N–H and O–H groups in total. The van der Waals surface area contributed by atoms with Crippen molar-refractivity contribution in [2.45, 2.75) is 31.7 Å². The third-order valence-electron chi connectivity index (χ3n) is 8.49. The fourth-order valence-electron chi connectivity index (χ4n) is 6.28. The number of amides is 1. The van der Waals surface area contributed by atoms with Crippen molar-refractivity contribution < 1.29 is 9.53 Å². The SMILES string of the molecule is CCOc1cc(-c2ccc(N3CCC(Cc4ccccc4)(NC(=O)CN4CCNCC4)CC3)nc2)c2c(C#N)cnn2c1.